The Kier molecular flexibility index (Phi) is 6.97. The van der Waals surface area contributed by atoms with Crippen molar-refractivity contribution in [2.45, 2.75) is 50.2 Å². The number of nitrogens with zero attached hydrogens (tertiary/aromatic N) is 2. The lowest BCUT2D eigenvalue weighted by molar-refractivity contribution is -0.939. The SMILES string of the molecule is O=C(C[N+]12CCC(CC1)[C@@H](OC(=O)C(O)(c1ccoc1)C1CCCC1)C2)Nc1ccon1.[Br-]. The first-order chi connectivity index (χ1) is 15.5. The molecule has 0 radical (unpaired) electrons. The maximum atomic E-state index is 13.4. The Morgan fingerprint density at radius 3 is 2.58 bits per heavy atom. The molecule has 1 unspecified atom stereocenters. The van der Waals surface area contributed by atoms with E-state index in [2.05, 4.69) is 10.5 Å². The summed E-state index contributed by atoms with van der Waals surface area (Å²) in [7, 11) is 0. The summed E-state index contributed by atoms with van der Waals surface area (Å²) in [6.45, 7) is 2.62. The van der Waals surface area contributed by atoms with Crippen LogP contribution in [0.25, 0.3) is 0 Å². The molecule has 2 bridgehead atoms. The van der Waals surface area contributed by atoms with Gasteiger partial charge in [0, 0.05) is 36.3 Å². The van der Waals surface area contributed by atoms with Gasteiger partial charge in [0.1, 0.15) is 12.8 Å². The van der Waals surface area contributed by atoms with E-state index < -0.39 is 11.6 Å². The second kappa shape index (κ2) is 9.60. The van der Waals surface area contributed by atoms with Crippen molar-refractivity contribution in [3.63, 3.8) is 0 Å². The number of amides is 1. The number of aliphatic hydroxyl groups is 1. The highest BCUT2D eigenvalue weighted by Crippen LogP contribution is 2.43. The van der Waals surface area contributed by atoms with E-state index in [4.69, 9.17) is 13.7 Å². The van der Waals surface area contributed by atoms with Crippen LogP contribution in [0.5, 0.6) is 0 Å². The maximum absolute atomic E-state index is 13.4. The maximum Gasteiger partial charge on any atom is 0.343 e. The first kappa shape index (κ1) is 24.0. The number of rotatable bonds is 7. The normalized spacial score (nSPS) is 28.6. The molecule has 3 saturated heterocycles. The molecule has 6 rings (SSSR count). The van der Waals surface area contributed by atoms with Crippen molar-refractivity contribution in [1.29, 1.82) is 0 Å². The van der Waals surface area contributed by atoms with Crippen LogP contribution in [0.3, 0.4) is 0 Å². The molecule has 33 heavy (non-hydrogen) atoms. The summed E-state index contributed by atoms with van der Waals surface area (Å²) >= 11 is 0. The third-order valence-electron chi connectivity index (χ3n) is 7.70. The van der Waals surface area contributed by atoms with Crippen LogP contribution < -0.4 is 22.3 Å². The number of carbonyl (C=O) groups is 2. The monoisotopic (exact) mass is 523 g/mol. The third-order valence-corrected chi connectivity index (χ3v) is 7.70. The van der Waals surface area contributed by atoms with Crippen LogP contribution >= 0.6 is 0 Å². The van der Waals surface area contributed by atoms with Crippen LogP contribution in [-0.2, 0) is 19.9 Å². The summed E-state index contributed by atoms with van der Waals surface area (Å²) in [5.74, 6) is -0.246. The van der Waals surface area contributed by atoms with Crippen molar-refractivity contribution in [3.8, 4) is 0 Å². The molecule has 1 saturated carbocycles. The molecule has 9 nitrogen and oxygen atoms in total. The second-order valence-electron chi connectivity index (χ2n) is 9.60. The zero-order valence-electron chi connectivity index (χ0n) is 18.5. The van der Waals surface area contributed by atoms with Crippen molar-refractivity contribution in [1.82, 2.24) is 5.16 Å². The quantitative estimate of drug-likeness (QED) is 0.369. The predicted octanol–water partition coefficient (Wildman–Crippen LogP) is -0.560. The number of hydrogen-bond acceptors (Lipinski definition) is 7. The van der Waals surface area contributed by atoms with E-state index in [1.54, 1.807) is 12.1 Å². The number of hydrogen-bond donors (Lipinski definition) is 2. The molecular formula is C23H30BrN3O6. The van der Waals surface area contributed by atoms with Gasteiger partial charge in [-0.3, -0.25) is 4.79 Å². The molecule has 5 heterocycles. The predicted molar refractivity (Wildman–Crippen MR) is 112 cm³/mol. The number of aromatic nitrogens is 1. The molecule has 180 valence electrons. The van der Waals surface area contributed by atoms with Crippen LogP contribution in [0.2, 0.25) is 0 Å². The van der Waals surface area contributed by atoms with E-state index in [-0.39, 0.29) is 40.8 Å². The summed E-state index contributed by atoms with van der Waals surface area (Å²) in [5, 5.41) is 18.1. The summed E-state index contributed by atoms with van der Waals surface area (Å²) in [6, 6.07) is 3.25. The van der Waals surface area contributed by atoms with Gasteiger partial charge in [-0.15, -0.1) is 0 Å². The Hall–Kier alpha value is -2.17. The van der Waals surface area contributed by atoms with Gasteiger partial charge in [0.05, 0.1) is 25.6 Å². The fourth-order valence-electron chi connectivity index (χ4n) is 5.91. The van der Waals surface area contributed by atoms with Gasteiger partial charge < -0.3 is 45.6 Å². The summed E-state index contributed by atoms with van der Waals surface area (Å²) < 4.78 is 16.6. The number of piperidine rings is 3. The van der Waals surface area contributed by atoms with Crippen LogP contribution in [0.4, 0.5) is 5.82 Å². The standard InChI is InChI=1S/C23H29N3O6.BrH/c27-21(24-20-8-12-31-25-20)14-26-9-5-16(6-10-26)19(13-26)32-22(28)23(29,17-3-1-2-4-17)18-7-11-30-15-18;/h7-8,11-12,15-17,19,29H,1-6,9-10,13-14H2;1H/t16?,19-,23?,26?;/m0./s1. The molecule has 1 amide bonds. The molecule has 4 aliphatic rings. The Labute approximate surface area is 202 Å². The highest BCUT2D eigenvalue weighted by molar-refractivity contribution is 5.90. The molecule has 2 aromatic rings. The molecule has 3 aliphatic heterocycles. The molecule has 1 aliphatic carbocycles. The number of esters is 1. The lowest BCUT2D eigenvalue weighted by atomic mass is 9.80. The number of furan rings is 1. The van der Waals surface area contributed by atoms with Gasteiger partial charge in [-0.1, -0.05) is 18.0 Å². The van der Waals surface area contributed by atoms with Crippen LogP contribution in [-0.4, -0.2) is 58.9 Å². The van der Waals surface area contributed by atoms with Crippen molar-refractivity contribution >= 4 is 17.7 Å². The lowest BCUT2D eigenvalue weighted by Crippen LogP contribution is -3.00. The highest BCUT2D eigenvalue weighted by atomic mass is 79.9. The Morgan fingerprint density at radius 1 is 1.18 bits per heavy atom. The minimum atomic E-state index is -1.69. The molecule has 2 atom stereocenters. The summed E-state index contributed by atoms with van der Waals surface area (Å²) in [4.78, 5) is 26.0. The minimum absolute atomic E-state index is 0. The van der Waals surface area contributed by atoms with Crippen LogP contribution in [0, 0.1) is 11.8 Å². The van der Waals surface area contributed by atoms with E-state index in [1.165, 1.54) is 18.8 Å². The van der Waals surface area contributed by atoms with Crippen molar-refractivity contribution in [2.75, 3.05) is 31.5 Å². The Bertz CT molecular complexity index is 936. The summed E-state index contributed by atoms with van der Waals surface area (Å²) in [5.41, 5.74) is -1.23. The topological polar surface area (TPSA) is 115 Å². The first-order valence-corrected chi connectivity index (χ1v) is 11.5. The van der Waals surface area contributed by atoms with Crippen molar-refractivity contribution < 1.29 is 49.8 Å². The Balaban J connectivity index is 0.00000259. The lowest BCUT2D eigenvalue weighted by Gasteiger charge is -2.51. The number of anilines is 1. The minimum Gasteiger partial charge on any atom is -1.00 e. The van der Waals surface area contributed by atoms with Gasteiger partial charge >= 0.3 is 5.97 Å². The van der Waals surface area contributed by atoms with Gasteiger partial charge in [-0.2, -0.15) is 0 Å². The fourth-order valence-corrected chi connectivity index (χ4v) is 5.91. The average molecular weight is 524 g/mol. The molecule has 10 heteroatoms. The van der Waals surface area contributed by atoms with Gasteiger partial charge in [0.25, 0.3) is 5.91 Å². The molecular weight excluding hydrogens is 494 g/mol. The number of quaternary nitrogens is 1. The van der Waals surface area contributed by atoms with Crippen LogP contribution in [0.15, 0.2) is 39.9 Å². The molecule has 4 fully saturated rings. The highest BCUT2D eigenvalue weighted by Gasteiger charge is 2.53. The largest absolute Gasteiger partial charge is 1.00 e. The van der Waals surface area contributed by atoms with Crippen LogP contribution in [0.1, 0.15) is 44.1 Å². The zero-order valence-corrected chi connectivity index (χ0v) is 20.0. The third kappa shape index (κ3) is 4.61. The second-order valence-corrected chi connectivity index (χ2v) is 9.60. The molecule has 0 aromatic carbocycles. The smallest absolute Gasteiger partial charge is 0.343 e. The number of carbonyl (C=O) groups excluding carboxylic acids is 2. The van der Waals surface area contributed by atoms with Gasteiger partial charge in [0.2, 0.25) is 0 Å². The molecule has 2 N–H and O–H groups in total. The number of halogens is 1. The van der Waals surface area contributed by atoms with Crippen molar-refractivity contribution in [3.05, 3.63) is 36.5 Å². The van der Waals surface area contributed by atoms with E-state index in [0.29, 0.717) is 29.0 Å². The fraction of sp³-hybridized carbons (Fsp3) is 0.609. The van der Waals surface area contributed by atoms with Gasteiger partial charge in [-0.05, 0) is 18.9 Å². The number of ether oxygens (including phenoxy) is 1. The zero-order chi connectivity index (χ0) is 22.2. The van der Waals surface area contributed by atoms with E-state index in [1.807, 2.05) is 0 Å². The Morgan fingerprint density at radius 2 is 1.94 bits per heavy atom. The van der Waals surface area contributed by atoms with Gasteiger partial charge in [-0.25, -0.2) is 4.79 Å². The molecule has 0 spiro atoms. The van der Waals surface area contributed by atoms with E-state index >= 15 is 0 Å². The van der Waals surface area contributed by atoms with E-state index in [0.717, 1.165) is 51.6 Å². The number of fused-ring (bicyclic) bond motifs is 3. The molecule has 2 aromatic heterocycles. The first-order valence-electron chi connectivity index (χ1n) is 11.5. The van der Waals surface area contributed by atoms with E-state index in [9.17, 15) is 14.7 Å². The van der Waals surface area contributed by atoms with Gasteiger partial charge in [0.15, 0.2) is 24.1 Å². The number of nitrogens with one attached hydrogen (secondary N) is 1. The average Bonchev–Trinajstić information content (AvgIpc) is 3.57. The van der Waals surface area contributed by atoms with Crippen molar-refractivity contribution in [2.24, 2.45) is 11.8 Å². The summed E-state index contributed by atoms with van der Waals surface area (Å²) in [6.07, 6.45) is 9.35.